The highest BCUT2D eigenvalue weighted by atomic mass is 16.5. The second kappa shape index (κ2) is 7.42. The van der Waals surface area contributed by atoms with Gasteiger partial charge in [-0.25, -0.2) is 9.97 Å². The Morgan fingerprint density at radius 1 is 1.07 bits per heavy atom. The van der Waals surface area contributed by atoms with Crippen LogP contribution in [0.15, 0.2) is 30.7 Å². The summed E-state index contributed by atoms with van der Waals surface area (Å²) in [5.41, 5.74) is 3.20. The fraction of sp³-hybridized carbons (Fsp3) is 0.300. The number of carbonyl (C=O) groups is 1. The first-order valence-electron chi connectivity index (χ1n) is 9.10. The average Bonchev–Trinajstić information content (AvgIpc) is 3.37. The van der Waals surface area contributed by atoms with E-state index in [2.05, 4.69) is 10.1 Å². The smallest absolute Gasteiger partial charge is 0.264 e. The number of pyridine rings is 2. The molecule has 1 aliphatic heterocycles. The zero-order chi connectivity index (χ0) is 20.5. The van der Waals surface area contributed by atoms with Crippen molar-refractivity contribution in [2.75, 3.05) is 26.2 Å². The molecule has 0 atom stereocenters. The first-order valence-corrected chi connectivity index (χ1v) is 9.10. The van der Waals surface area contributed by atoms with E-state index in [9.17, 15) is 4.79 Å². The van der Waals surface area contributed by atoms with Gasteiger partial charge in [-0.3, -0.25) is 14.4 Å². The van der Waals surface area contributed by atoms with Crippen LogP contribution in [-0.4, -0.2) is 47.0 Å². The highest BCUT2D eigenvalue weighted by Crippen LogP contribution is 2.37. The predicted molar refractivity (Wildman–Crippen MR) is 106 cm³/mol. The summed E-state index contributed by atoms with van der Waals surface area (Å²) in [6.45, 7) is 3.06. The lowest BCUT2D eigenvalue weighted by molar-refractivity contribution is 0.0994. The molecular formula is C20H21N5O4. The number of anilines is 1. The summed E-state index contributed by atoms with van der Waals surface area (Å²) in [6, 6.07) is 3.53. The first kappa shape index (κ1) is 18.7. The van der Waals surface area contributed by atoms with Crippen LogP contribution in [0.2, 0.25) is 0 Å². The Morgan fingerprint density at radius 3 is 2.52 bits per heavy atom. The van der Waals surface area contributed by atoms with E-state index in [1.807, 2.05) is 13.1 Å². The number of aryl methyl sites for hydroxylation is 1. The van der Waals surface area contributed by atoms with Crippen LogP contribution < -0.4 is 19.1 Å². The number of hydrogen-bond acceptors (Lipinski definition) is 7. The van der Waals surface area contributed by atoms with Gasteiger partial charge in [-0.2, -0.15) is 5.10 Å². The van der Waals surface area contributed by atoms with Crippen LogP contribution in [0.25, 0.3) is 11.3 Å². The van der Waals surface area contributed by atoms with Gasteiger partial charge in [-0.15, -0.1) is 0 Å². The van der Waals surface area contributed by atoms with Crippen LogP contribution in [0.5, 0.6) is 17.4 Å². The van der Waals surface area contributed by atoms with E-state index in [1.54, 1.807) is 41.2 Å². The summed E-state index contributed by atoms with van der Waals surface area (Å²) in [7, 11) is 4.62. The van der Waals surface area contributed by atoms with E-state index in [4.69, 9.17) is 19.2 Å². The van der Waals surface area contributed by atoms with E-state index in [0.29, 0.717) is 40.9 Å². The minimum atomic E-state index is -0.156. The molecular weight excluding hydrogens is 374 g/mol. The highest BCUT2D eigenvalue weighted by Gasteiger charge is 2.34. The fourth-order valence-electron chi connectivity index (χ4n) is 3.33. The van der Waals surface area contributed by atoms with E-state index < -0.39 is 0 Å². The van der Waals surface area contributed by atoms with Crippen LogP contribution in [0.1, 0.15) is 23.0 Å². The maximum atomic E-state index is 13.0. The molecule has 0 saturated heterocycles. The zero-order valence-corrected chi connectivity index (χ0v) is 16.7. The molecule has 9 heteroatoms. The molecule has 0 aromatic carbocycles. The second-order valence-corrected chi connectivity index (χ2v) is 6.41. The molecule has 0 fully saturated rings. The van der Waals surface area contributed by atoms with E-state index >= 15 is 0 Å². The van der Waals surface area contributed by atoms with Gasteiger partial charge < -0.3 is 14.2 Å². The molecule has 1 amide bonds. The minimum absolute atomic E-state index is 0.156. The Bertz CT molecular complexity index is 1080. The Hall–Kier alpha value is -3.62. The Kier molecular flexibility index (Phi) is 4.79. The van der Waals surface area contributed by atoms with Gasteiger partial charge in [0.25, 0.3) is 11.8 Å². The van der Waals surface area contributed by atoms with Gasteiger partial charge >= 0.3 is 0 Å². The van der Waals surface area contributed by atoms with Crippen molar-refractivity contribution in [3.8, 4) is 28.6 Å². The molecule has 29 heavy (non-hydrogen) atoms. The second-order valence-electron chi connectivity index (χ2n) is 6.41. The lowest BCUT2D eigenvalue weighted by Gasteiger charge is -2.12. The molecule has 0 N–H and O–H groups in total. The molecule has 3 aromatic rings. The van der Waals surface area contributed by atoms with Gasteiger partial charge in [-0.05, 0) is 13.0 Å². The standard InChI is InChI=1S/C20H21N5O4/c1-5-24-10-13(9-22-24)25-11-15-18(20(25)26)16(27-2)7-14(23-15)12-6-17(28-3)19(29-4)21-8-12/h6-10H,5,11H2,1-4H3. The molecule has 150 valence electrons. The van der Waals surface area contributed by atoms with E-state index in [-0.39, 0.29) is 5.91 Å². The predicted octanol–water partition coefficient (Wildman–Crippen LogP) is 2.55. The number of aromatic nitrogens is 4. The number of carbonyl (C=O) groups excluding carboxylic acids is 1. The molecule has 0 spiro atoms. The number of amides is 1. The minimum Gasteiger partial charge on any atom is -0.496 e. The van der Waals surface area contributed by atoms with Crippen molar-refractivity contribution >= 4 is 11.6 Å². The van der Waals surface area contributed by atoms with Gasteiger partial charge in [-0.1, -0.05) is 0 Å². The van der Waals surface area contributed by atoms with Gasteiger partial charge in [0.05, 0.1) is 51.1 Å². The lowest BCUT2D eigenvalue weighted by Crippen LogP contribution is -2.22. The van der Waals surface area contributed by atoms with E-state index in [0.717, 1.165) is 17.8 Å². The van der Waals surface area contributed by atoms with Crippen LogP contribution in [0.4, 0.5) is 5.69 Å². The topological polar surface area (TPSA) is 91.6 Å². The van der Waals surface area contributed by atoms with Crippen molar-refractivity contribution < 1.29 is 19.0 Å². The molecule has 9 nitrogen and oxygen atoms in total. The molecule has 0 unspecified atom stereocenters. The van der Waals surface area contributed by atoms with Crippen molar-refractivity contribution in [3.05, 3.63) is 42.0 Å². The molecule has 0 aliphatic carbocycles. The SMILES string of the molecule is CCn1cc(N2Cc3nc(-c4cnc(OC)c(OC)c4)cc(OC)c3C2=O)cn1. The zero-order valence-electron chi connectivity index (χ0n) is 16.7. The lowest BCUT2D eigenvalue weighted by atomic mass is 10.1. The van der Waals surface area contributed by atoms with Crippen LogP contribution in [-0.2, 0) is 13.1 Å². The van der Waals surface area contributed by atoms with Gasteiger partial charge in [0.15, 0.2) is 5.75 Å². The van der Waals surface area contributed by atoms with Crippen LogP contribution in [0.3, 0.4) is 0 Å². The van der Waals surface area contributed by atoms with Gasteiger partial charge in [0.2, 0.25) is 0 Å². The fourth-order valence-corrected chi connectivity index (χ4v) is 3.33. The van der Waals surface area contributed by atoms with Crippen molar-refractivity contribution in [1.82, 2.24) is 19.7 Å². The summed E-state index contributed by atoms with van der Waals surface area (Å²) in [4.78, 5) is 23.7. The molecule has 4 heterocycles. The number of fused-ring (bicyclic) bond motifs is 1. The number of hydrogen-bond donors (Lipinski definition) is 0. The van der Waals surface area contributed by atoms with Gasteiger partial charge in [0, 0.05) is 30.6 Å². The van der Waals surface area contributed by atoms with Crippen molar-refractivity contribution in [2.24, 2.45) is 0 Å². The summed E-state index contributed by atoms with van der Waals surface area (Å²) in [6.07, 6.45) is 5.17. The Balaban J connectivity index is 1.75. The summed E-state index contributed by atoms with van der Waals surface area (Å²) >= 11 is 0. The molecule has 0 saturated carbocycles. The summed E-state index contributed by atoms with van der Waals surface area (Å²) in [5.74, 6) is 1.20. The number of ether oxygens (including phenoxy) is 3. The van der Waals surface area contributed by atoms with Crippen molar-refractivity contribution in [3.63, 3.8) is 0 Å². The average molecular weight is 395 g/mol. The summed E-state index contributed by atoms with van der Waals surface area (Å²) in [5, 5.41) is 4.26. The van der Waals surface area contributed by atoms with E-state index in [1.165, 1.54) is 14.2 Å². The Morgan fingerprint density at radius 2 is 1.86 bits per heavy atom. The number of nitrogens with zero attached hydrogens (tertiary/aromatic N) is 5. The van der Waals surface area contributed by atoms with Crippen LogP contribution >= 0.6 is 0 Å². The maximum Gasteiger partial charge on any atom is 0.264 e. The molecule has 1 aliphatic rings. The first-order chi connectivity index (χ1) is 14.1. The Labute approximate surface area is 167 Å². The molecule has 3 aromatic heterocycles. The number of methoxy groups -OCH3 is 3. The van der Waals surface area contributed by atoms with Crippen molar-refractivity contribution in [2.45, 2.75) is 20.0 Å². The maximum absolute atomic E-state index is 13.0. The normalized spacial score (nSPS) is 12.8. The quantitative estimate of drug-likeness (QED) is 0.633. The molecule has 0 radical (unpaired) electrons. The number of rotatable bonds is 6. The monoisotopic (exact) mass is 395 g/mol. The highest BCUT2D eigenvalue weighted by molar-refractivity contribution is 6.11. The third-order valence-corrected chi connectivity index (χ3v) is 4.83. The third kappa shape index (κ3) is 3.14. The third-order valence-electron chi connectivity index (χ3n) is 4.83. The molecule has 4 rings (SSSR count). The van der Waals surface area contributed by atoms with Crippen LogP contribution in [0, 0.1) is 0 Å². The summed E-state index contributed by atoms with van der Waals surface area (Å²) < 4.78 is 17.8. The van der Waals surface area contributed by atoms with Gasteiger partial charge in [0.1, 0.15) is 11.3 Å². The molecule has 0 bridgehead atoms. The largest absolute Gasteiger partial charge is 0.496 e. The van der Waals surface area contributed by atoms with Crippen molar-refractivity contribution in [1.29, 1.82) is 0 Å².